The zero-order valence-corrected chi connectivity index (χ0v) is 12.6. The predicted octanol–water partition coefficient (Wildman–Crippen LogP) is 1.68. The molecule has 6 nitrogen and oxygen atoms in total. The maximum absolute atomic E-state index is 12.0. The number of amides is 1. The maximum atomic E-state index is 12.0. The van der Waals surface area contributed by atoms with Crippen molar-refractivity contribution in [1.82, 2.24) is 10.2 Å². The average molecular weight is 314 g/mol. The summed E-state index contributed by atoms with van der Waals surface area (Å²) in [6, 6.07) is 6.08. The van der Waals surface area contributed by atoms with Gasteiger partial charge in [-0.15, -0.1) is 12.4 Å². The normalized spacial score (nSPS) is 16.1. The molecule has 1 aromatic carbocycles. The van der Waals surface area contributed by atoms with Gasteiger partial charge in [-0.25, -0.2) is 0 Å². The van der Waals surface area contributed by atoms with Gasteiger partial charge >= 0.3 is 0 Å². The van der Waals surface area contributed by atoms with Gasteiger partial charge in [0, 0.05) is 19.1 Å². The second-order valence-corrected chi connectivity index (χ2v) is 5.24. The molecular weight excluding hydrogens is 298 g/mol. The summed E-state index contributed by atoms with van der Waals surface area (Å²) in [7, 11) is 1.97. The lowest BCUT2D eigenvalue weighted by Crippen LogP contribution is -2.57. The van der Waals surface area contributed by atoms with Crippen LogP contribution in [0.1, 0.15) is 0 Å². The molecule has 1 fully saturated rings. The fourth-order valence-corrected chi connectivity index (χ4v) is 2.59. The number of hydrogen-bond acceptors (Lipinski definition) is 5. The van der Waals surface area contributed by atoms with Crippen LogP contribution in [0.3, 0.4) is 0 Å². The SMILES string of the molecule is CN(CC(=O)Nc1cccc2c1N=S=N2)C1CNC1.Cl. The summed E-state index contributed by atoms with van der Waals surface area (Å²) in [6.45, 7) is 2.30. The Hall–Kier alpha value is -1.28. The first-order valence-electron chi connectivity index (χ1n) is 6.16. The first kappa shape index (κ1) is 15.1. The van der Waals surface area contributed by atoms with E-state index in [4.69, 9.17) is 0 Å². The average Bonchev–Trinajstić information content (AvgIpc) is 2.75. The molecule has 2 aliphatic rings. The molecule has 0 radical (unpaired) electrons. The Balaban J connectivity index is 0.00000147. The molecular formula is C12H16ClN5OS. The van der Waals surface area contributed by atoms with Crippen LogP contribution in [0.25, 0.3) is 0 Å². The van der Waals surface area contributed by atoms with Crippen molar-refractivity contribution in [2.45, 2.75) is 6.04 Å². The highest BCUT2D eigenvalue weighted by molar-refractivity contribution is 7.58. The van der Waals surface area contributed by atoms with E-state index >= 15 is 0 Å². The molecule has 2 N–H and O–H groups in total. The molecule has 0 bridgehead atoms. The molecule has 0 aliphatic carbocycles. The van der Waals surface area contributed by atoms with Crippen LogP contribution < -0.4 is 10.6 Å². The van der Waals surface area contributed by atoms with Gasteiger partial charge in [-0.05, 0) is 19.2 Å². The Morgan fingerprint density at radius 3 is 3.00 bits per heavy atom. The number of carbonyl (C=O) groups is 1. The van der Waals surface area contributed by atoms with Crippen molar-refractivity contribution >= 4 is 46.7 Å². The van der Waals surface area contributed by atoms with Gasteiger partial charge in [0.05, 0.1) is 23.6 Å². The number of rotatable bonds is 4. The van der Waals surface area contributed by atoms with Crippen molar-refractivity contribution in [3.63, 3.8) is 0 Å². The maximum Gasteiger partial charge on any atom is 0.238 e. The summed E-state index contributed by atoms with van der Waals surface area (Å²) >= 11 is 1.16. The summed E-state index contributed by atoms with van der Waals surface area (Å²) in [4.78, 5) is 14.1. The predicted molar refractivity (Wildman–Crippen MR) is 83.1 cm³/mol. The number of hydrogen-bond donors (Lipinski definition) is 2. The Morgan fingerprint density at radius 1 is 1.50 bits per heavy atom. The third kappa shape index (κ3) is 3.06. The van der Waals surface area contributed by atoms with Crippen LogP contribution in [0, 0.1) is 0 Å². The number of nitrogens with zero attached hydrogens (tertiary/aromatic N) is 3. The van der Waals surface area contributed by atoms with Crippen LogP contribution >= 0.6 is 12.4 Å². The fraction of sp³-hybridized carbons (Fsp3) is 0.417. The molecule has 8 heteroatoms. The van der Waals surface area contributed by atoms with E-state index in [1.165, 1.54) is 0 Å². The molecule has 0 unspecified atom stereocenters. The number of fused-ring (bicyclic) bond motifs is 1. The van der Waals surface area contributed by atoms with E-state index in [2.05, 4.69) is 24.3 Å². The Bertz CT molecular complexity index is 583. The molecule has 3 rings (SSSR count). The van der Waals surface area contributed by atoms with E-state index in [1.807, 2.05) is 25.2 Å². The van der Waals surface area contributed by atoms with Gasteiger partial charge in [-0.3, -0.25) is 9.69 Å². The number of carbonyl (C=O) groups excluding carboxylic acids is 1. The van der Waals surface area contributed by atoms with Gasteiger partial charge in [0.2, 0.25) is 5.91 Å². The minimum atomic E-state index is -0.0186. The van der Waals surface area contributed by atoms with Crippen LogP contribution in [0.5, 0.6) is 0 Å². The highest BCUT2D eigenvalue weighted by Crippen LogP contribution is 2.38. The van der Waals surface area contributed by atoms with Gasteiger partial charge in [0.15, 0.2) is 0 Å². The lowest BCUT2D eigenvalue weighted by atomic mass is 10.1. The van der Waals surface area contributed by atoms with Crippen LogP contribution in [-0.2, 0) is 16.1 Å². The molecule has 1 saturated heterocycles. The van der Waals surface area contributed by atoms with Gasteiger partial charge in [-0.2, -0.15) is 8.73 Å². The molecule has 108 valence electrons. The smallest absolute Gasteiger partial charge is 0.238 e. The molecule has 1 amide bonds. The summed E-state index contributed by atoms with van der Waals surface area (Å²) < 4.78 is 8.36. The zero-order valence-electron chi connectivity index (χ0n) is 11.0. The summed E-state index contributed by atoms with van der Waals surface area (Å²) in [5.74, 6) is -0.0186. The van der Waals surface area contributed by atoms with Crippen LogP contribution in [0.2, 0.25) is 0 Å². The molecule has 2 aliphatic heterocycles. The van der Waals surface area contributed by atoms with E-state index in [0.29, 0.717) is 12.6 Å². The van der Waals surface area contributed by atoms with Gasteiger partial charge in [-0.1, -0.05) is 6.07 Å². The molecule has 2 heterocycles. The highest BCUT2D eigenvalue weighted by atomic mass is 35.5. The van der Waals surface area contributed by atoms with Crippen molar-refractivity contribution < 1.29 is 4.79 Å². The van der Waals surface area contributed by atoms with Gasteiger partial charge < -0.3 is 10.6 Å². The number of halogens is 1. The second kappa shape index (κ2) is 6.45. The van der Waals surface area contributed by atoms with Crippen LogP contribution in [0.15, 0.2) is 26.9 Å². The van der Waals surface area contributed by atoms with Crippen molar-refractivity contribution in [2.24, 2.45) is 8.73 Å². The van der Waals surface area contributed by atoms with Crippen molar-refractivity contribution in [3.8, 4) is 0 Å². The minimum absolute atomic E-state index is 0. The zero-order chi connectivity index (χ0) is 13.2. The second-order valence-electron chi connectivity index (χ2n) is 4.71. The van der Waals surface area contributed by atoms with E-state index in [1.54, 1.807) is 0 Å². The largest absolute Gasteiger partial charge is 0.323 e. The minimum Gasteiger partial charge on any atom is -0.323 e. The lowest BCUT2D eigenvalue weighted by Gasteiger charge is -2.35. The van der Waals surface area contributed by atoms with E-state index < -0.39 is 0 Å². The molecule has 20 heavy (non-hydrogen) atoms. The number of anilines is 1. The lowest BCUT2D eigenvalue weighted by molar-refractivity contribution is -0.117. The quantitative estimate of drug-likeness (QED) is 0.902. The van der Waals surface area contributed by atoms with E-state index in [0.717, 1.165) is 41.5 Å². The van der Waals surface area contributed by atoms with Crippen molar-refractivity contribution in [2.75, 3.05) is 32.0 Å². The molecule has 1 aromatic rings. The van der Waals surface area contributed by atoms with Crippen LogP contribution in [-0.4, -0.2) is 43.5 Å². The monoisotopic (exact) mass is 313 g/mol. The Morgan fingerprint density at radius 2 is 2.30 bits per heavy atom. The highest BCUT2D eigenvalue weighted by Gasteiger charge is 2.23. The van der Waals surface area contributed by atoms with Gasteiger partial charge in [0.25, 0.3) is 0 Å². The van der Waals surface area contributed by atoms with Crippen molar-refractivity contribution in [1.29, 1.82) is 0 Å². The summed E-state index contributed by atoms with van der Waals surface area (Å²) in [5.41, 5.74) is 2.31. The Labute approximate surface area is 127 Å². The molecule has 0 aromatic heterocycles. The van der Waals surface area contributed by atoms with Crippen LogP contribution in [0.4, 0.5) is 17.1 Å². The standard InChI is InChI=1S/C12H15N5OS.ClH/c1-17(8-5-13-6-8)7-11(18)14-9-3-2-4-10-12(9)16-19-15-10;/h2-4,8,13H,5-7H2,1H3,(H,14,18);1H. The first-order chi connectivity index (χ1) is 9.24. The number of nitrogens with one attached hydrogen (secondary N) is 2. The summed E-state index contributed by atoms with van der Waals surface area (Å²) in [6.07, 6.45) is 0. The molecule has 0 saturated carbocycles. The molecule has 0 spiro atoms. The summed E-state index contributed by atoms with van der Waals surface area (Å²) in [5, 5.41) is 6.10. The molecule has 0 atom stereocenters. The first-order valence-corrected chi connectivity index (χ1v) is 6.89. The van der Waals surface area contributed by atoms with E-state index in [9.17, 15) is 4.79 Å². The van der Waals surface area contributed by atoms with Gasteiger partial charge in [0.1, 0.15) is 11.4 Å². The van der Waals surface area contributed by atoms with Crippen molar-refractivity contribution in [3.05, 3.63) is 18.2 Å². The topological polar surface area (TPSA) is 69.1 Å². The number of benzene rings is 1. The third-order valence-electron chi connectivity index (χ3n) is 3.34. The number of likely N-dealkylation sites (N-methyl/N-ethyl adjacent to an activating group) is 1. The fourth-order valence-electron chi connectivity index (χ4n) is 2.04. The van der Waals surface area contributed by atoms with E-state index in [-0.39, 0.29) is 18.3 Å². The third-order valence-corrected chi connectivity index (χ3v) is 3.88. The Kier molecular flexibility index (Phi) is 4.87.